The van der Waals surface area contributed by atoms with Crippen LogP contribution in [-0.4, -0.2) is 41.9 Å². The smallest absolute Gasteiger partial charge is 0.119 e. The van der Waals surface area contributed by atoms with Gasteiger partial charge in [0.05, 0.1) is 0 Å². The summed E-state index contributed by atoms with van der Waals surface area (Å²) in [5.74, 6) is 0.828. The molecule has 4 heteroatoms. The number of aliphatic hydroxyl groups excluding tert-OH is 1. The molecule has 1 saturated carbocycles. The third-order valence-electron chi connectivity index (χ3n) is 4.05. The first-order valence-electron chi connectivity index (χ1n) is 7.82. The Morgan fingerprint density at radius 3 is 2.95 bits per heavy atom. The summed E-state index contributed by atoms with van der Waals surface area (Å²) in [7, 11) is 0. The van der Waals surface area contributed by atoms with Gasteiger partial charge in [0.2, 0.25) is 0 Å². The molecule has 0 saturated heterocycles. The van der Waals surface area contributed by atoms with Crippen molar-refractivity contribution in [2.24, 2.45) is 0 Å². The molecule has 1 aromatic carbocycles. The van der Waals surface area contributed by atoms with E-state index in [9.17, 15) is 5.11 Å². The second-order valence-electron chi connectivity index (χ2n) is 5.85. The molecule has 3 nitrogen and oxygen atoms in total. The van der Waals surface area contributed by atoms with E-state index >= 15 is 0 Å². The van der Waals surface area contributed by atoms with E-state index in [0.717, 1.165) is 5.75 Å². The molecule has 0 bridgehead atoms. The van der Waals surface area contributed by atoms with Gasteiger partial charge in [-0.3, -0.25) is 0 Å². The summed E-state index contributed by atoms with van der Waals surface area (Å²) in [6, 6.07) is 8.46. The lowest BCUT2D eigenvalue weighted by Gasteiger charge is -2.31. The molecule has 0 aliphatic heterocycles. The first-order valence-corrected chi connectivity index (χ1v) is 9.11. The number of aliphatic hydroxyl groups is 1. The molecule has 118 valence electrons. The lowest BCUT2D eigenvalue weighted by Crippen LogP contribution is -2.44. The Labute approximate surface area is 132 Å². The second-order valence-corrected chi connectivity index (χ2v) is 6.93. The highest BCUT2D eigenvalue weighted by atomic mass is 32.2. The van der Waals surface area contributed by atoms with E-state index in [0.29, 0.717) is 24.4 Å². The number of hydrogen-bond donors (Lipinski definition) is 2. The summed E-state index contributed by atoms with van der Waals surface area (Å²) in [4.78, 5) is 0. The second kappa shape index (κ2) is 8.66. The minimum absolute atomic E-state index is 0.340. The summed E-state index contributed by atoms with van der Waals surface area (Å²) in [6.07, 6.45) is 6.86. The molecule has 0 aromatic heterocycles. The zero-order valence-corrected chi connectivity index (χ0v) is 13.9. The molecule has 3 unspecified atom stereocenters. The normalized spacial score (nSPS) is 23.8. The Morgan fingerprint density at radius 2 is 2.19 bits per heavy atom. The van der Waals surface area contributed by atoms with Gasteiger partial charge in [-0.25, -0.2) is 0 Å². The number of ether oxygens (including phenoxy) is 1. The Morgan fingerprint density at radius 1 is 1.38 bits per heavy atom. The maximum atomic E-state index is 10.1. The minimum Gasteiger partial charge on any atom is -0.491 e. The van der Waals surface area contributed by atoms with E-state index in [2.05, 4.69) is 11.6 Å². The molecule has 1 aliphatic rings. The van der Waals surface area contributed by atoms with Gasteiger partial charge in [0.25, 0.3) is 0 Å². The molecule has 2 N–H and O–H groups in total. The van der Waals surface area contributed by atoms with Crippen LogP contribution in [0.4, 0.5) is 0 Å². The average molecular weight is 309 g/mol. The highest BCUT2D eigenvalue weighted by Crippen LogP contribution is 2.27. The van der Waals surface area contributed by atoms with Crippen molar-refractivity contribution in [2.75, 3.05) is 19.4 Å². The van der Waals surface area contributed by atoms with Crippen LogP contribution in [0, 0.1) is 6.92 Å². The van der Waals surface area contributed by atoms with Gasteiger partial charge in [-0.05, 0) is 43.7 Å². The van der Waals surface area contributed by atoms with Crippen molar-refractivity contribution in [2.45, 2.75) is 50.0 Å². The SMILES string of the molecule is CSC1CCCCC1NCC(O)COc1cccc(C)c1. The van der Waals surface area contributed by atoms with E-state index < -0.39 is 6.10 Å². The molecule has 21 heavy (non-hydrogen) atoms. The zero-order valence-electron chi connectivity index (χ0n) is 13.0. The van der Waals surface area contributed by atoms with Crippen molar-refractivity contribution in [3.63, 3.8) is 0 Å². The maximum Gasteiger partial charge on any atom is 0.119 e. The highest BCUT2D eigenvalue weighted by Gasteiger charge is 2.24. The van der Waals surface area contributed by atoms with Gasteiger partial charge < -0.3 is 15.2 Å². The zero-order chi connectivity index (χ0) is 15.1. The number of hydrogen-bond acceptors (Lipinski definition) is 4. The molecule has 0 amide bonds. The average Bonchev–Trinajstić information content (AvgIpc) is 2.51. The van der Waals surface area contributed by atoms with Crippen LogP contribution in [-0.2, 0) is 0 Å². The molecular weight excluding hydrogens is 282 g/mol. The van der Waals surface area contributed by atoms with E-state index in [-0.39, 0.29) is 0 Å². The van der Waals surface area contributed by atoms with Crippen LogP contribution in [0.5, 0.6) is 5.75 Å². The van der Waals surface area contributed by atoms with Crippen LogP contribution < -0.4 is 10.1 Å². The van der Waals surface area contributed by atoms with Crippen LogP contribution in [0.2, 0.25) is 0 Å². The maximum absolute atomic E-state index is 10.1. The number of thioether (sulfide) groups is 1. The number of benzene rings is 1. The van der Waals surface area contributed by atoms with Crippen LogP contribution >= 0.6 is 11.8 Å². The summed E-state index contributed by atoms with van der Waals surface area (Å²) in [5.41, 5.74) is 1.17. The van der Waals surface area contributed by atoms with Gasteiger partial charge in [-0.2, -0.15) is 11.8 Å². The third kappa shape index (κ3) is 5.53. The van der Waals surface area contributed by atoms with Crippen molar-refractivity contribution < 1.29 is 9.84 Å². The van der Waals surface area contributed by atoms with Crippen molar-refractivity contribution in [1.29, 1.82) is 0 Å². The van der Waals surface area contributed by atoms with Gasteiger partial charge in [0.1, 0.15) is 18.5 Å². The van der Waals surface area contributed by atoms with E-state index in [1.54, 1.807) is 0 Å². The van der Waals surface area contributed by atoms with Crippen LogP contribution in [0.15, 0.2) is 24.3 Å². The predicted molar refractivity (Wildman–Crippen MR) is 90.2 cm³/mol. The molecule has 1 aromatic rings. The third-order valence-corrected chi connectivity index (χ3v) is 5.22. The van der Waals surface area contributed by atoms with E-state index in [4.69, 9.17) is 4.74 Å². The summed E-state index contributed by atoms with van der Waals surface area (Å²) in [6.45, 7) is 2.98. The fraction of sp³-hybridized carbons (Fsp3) is 0.647. The molecule has 1 aliphatic carbocycles. The summed E-state index contributed by atoms with van der Waals surface area (Å²) >= 11 is 1.94. The summed E-state index contributed by atoms with van der Waals surface area (Å²) < 4.78 is 5.65. The quantitative estimate of drug-likeness (QED) is 0.812. The van der Waals surface area contributed by atoms with Crippen molar-refractivity contribution in [3.8, 4) is 5.75 Å². The van der Waals surface area contributed by atoms with Crippen molar-refractivity contribution in [1.82, 2.24) is 5.32 Å². The Balaban J connectivity index is 1.70. The molecule has 0 heterocycles. The molecule has 0 spiro atoms. The topological polar surface area (TPSA) is 41.5 Å². The number of rotatable bonds is 7. The molecule has 2 rings (SSSR count). The van der Waals surface area contributed by atoms with Gasteiger partial charge in [-0.1, -0.05) is 25.0 Å². The van der Waals surface area contributed by atoms with Crippen molar-refractivity contribution >= 4 is 11.8 Å². The largest absolute Gasteiger partial charge is 0.491 e. The minimum atomic E-state index is -0.463. The lowest BCUT2D eigenvalue weighted by atomic mass is 9.95. The van der Waals surface area contributed by atoms with Crippen LogP contribution in [0.1, 0.15) is 31.2 Å². The van der Waals surface area contributed by atoms with Gasteiger partial charge in [0, 0.05) is 17.8 Å². The van der Waals surface area contributed by atoms with Gasteiger partial charge in [-0.15, -0.1) is 0 Å². The molecule has 0 radical (unpaired) electrons. The van der Waals surface area contributed by atoms with Crippen molar-refractivity contribution in [3.05, 3.63) is 29.8 Å². The Hall–Kier alpha value is -0.710. The molecule has 1 fully saturated rings. The standard InChI is InChI=1S/C17H27NO2S/c1-13-6-5-7-15(10-13)20-12-14(19)11-18-16-8-3-4-9-17(16)21-2/h5-7,10,14,16-19H,3-4,8-9,11-12H2,1-2H3. The Bertz CT molecular complexity index is 427. The Kier molecular flexibility index (Phi) is 6.87. The number of nitrogens with one attached hydrogen (secondary N) is 1. The molecule has 3 atom stereocenters. The predicted octanol–water partition coefficient (Wildman–Crippen LogP) is 3.00. The van der Waals surface area contributed by atoms with Gasteiger partial charge in [0.15, 0.2) is 0 Å². The molecular formula is C17H27NO2S. The fourth-order valence-electron chi connectivity index (χ4n) is 2.86. The van der Waals surface area contributed by atoms with E-state index in [1.165, 1.54) is 31.2 Å². The van der Waals surface area contributed by atoms with Crippen LogP contribution in [0.25, 0.3) is 0 Å². The fourth-order valence-corrected chi connectivity index (χ4v) is 3.82. The van der Waals surface area contributed by atoms with Gasteiger partial charge >= 0.3 is 0 Å². The first-order chi connectivity index (χ1) is 10.2. The lowest BCUT2D eigenvalue weighted by molar-refractivity contribution is 0.102. The number of aryl methyl sites for hydroxylation is 1. The monoisotopic (exact) mass is 309 g/mol. The first kappa shape index (κ1) is 16.7. The van der Waals surface area contributed by atoms with Crippen LogP contribution in [0.3, 0.4) is 0 Å². The van der Waals surface area contributed by atoms with E-state index in [1.807, 2.05) is 43.0 Å². The summed E-state index contributed by atoms with van der Waals surface area (Å²) in [5, 5.41) is 14.3. The highest BCUT2D eigenvalue weighted by molar-refractivity contribution is 7.99.